The third kappa shape index (κ3) is 13.8. The van der Waals surface area contributed by atoms with Crippen molar-refractivity contribution in [1.29, 1.82) is 0 Å². The quantitative estimate of drug-likeness (QED) is 0.107. The Balaban J connectivity index is 0.975. The van der Waals surface area contributed by atoms with Crippen molar-refractivity contribution in [2.24, 2.45) is 0 Å². The minimum atomic E-state index is -2.25. The molecule has 0 aromatic heterocycles. The lowest BCUT2D eigenvalue weighted by Crippen LogP contribution is -2.69. The summed E-state index contributed by atoms with van der Waals surface area (Å²) in [5.41, 5.74) is 0. The Morgan fingerprint density at radius 1 is 0.136 bits per heavy atom. The second-order valence-electron chi connectivity index (χ2n) is 22.5. The Hall–Kier alpha value is -1.60. The zero-order valence-electron chi connectivity index (χ0n) is 46.0. The number of aliphatic hydroxyl groups is 24. The van der Waals surface area contributed by atoms with Gasteiger partial charge in [-0.15, -0.1) is 0 Å². The Kier molecular flexibility index (Phi) is 24.1. The molecule has 512 valence electrons. The van der Waals surface area contributed by atoms with Crippen LogP contribution in [-0.4, -0.2) is 421 Å². The fraction of sp³-hybridized carbons (Fsp3) is 1.00. The molecule has 11 unspecified atom stereocenters. The van der Waals surface area contributed by atoms with E-state index >= 15 is 0 Å². The maximum absolute atomic E-state index is 11.4. The lowest BCUT2D eigenvalue weighted by Gasteiger charge is -2.50. The van der Waals surface area contributed by atoms with Crippen LogP contribution in [0.4, 0.5) is 0 Å². The Bertz CT molecular complexity index is 1700. The van der Waals surface area contributed by atoms with E-state index in [-0.39, 0.29) is 0 Å². The molecule has 30 fully saturated rings. The summed E-state index contributed by atoms with van der Waals surface area (Å²) in [6.45, 7) is -8.64. The molecule has 0 aromatic carbocycles. The molecule has 24 N–H and O–H groups in total. The molecular weight excluding hydrogens is 1220 g/mol. The Morgan fingerprint density at radius 3 is 0.307 bits per heavy atom. The SMILES string of the molecule is OC[C@H]1OC2O[C@H]3[C@H](O)[C@@H](O)C(OC4[C@@H](CO)OC(O[C@H]5[C@H](O)[C@@H](O)C(OC6[C@@H](CO)OC(O[C@H]7[C@H](O)[C@@H](O)C(O[C@H]8[C@H](O)[C@@H](O)C(O[C@H]9[C@H](O)[C@@H](O)C(OC1[C@H](O)[C@H]2O)O[C@@H]9CO)O[C@@H]8CO)O[C@@H]7CO)[C@H](O)[C@H]6O)O[C@@H]5CO)[C@H](O)[C@H]4O)O[C@@H]3CO. The van der Waals surface area contributed by atoms with Gasteiger partial charge in [0, 0.05) is 0 Å². The van der Waals surface area contributed by atoms with Gasteiger partial charge in [-0.05, 0) is 0 Å². The smallest absolute Gasteiger partial charge is 0.187 e. The van der Waals surface area contributed by atoms with E-state index in [1.165, 1.54) is 0 Å². The molecule has 30 saturated heterocycles. The minimum absolute atomic E-state index is 1.08. The largest absolute Gasteiger partial charge is 0.394 e. The molecule has 40 heteroatoms. The highest BCUT2D eigenvalue weighted by molar-refractivity contribution is 5.02. The van der Waals surface area contributed by atoms with Crippen LogP contribution in [0.25, 0.3) is 0 Å². The van der Waals surface area contributed by atoms with Gasteiger partial charge in [-0.1, -0.05) is 0 Å². The zero-order chi connectivity index (χ0) is 64.1. The molecule has 0 saturated carbocycles. The first-order chi connectivity index (χ1) is 41.9. The van der Waals surface area contributed by atoms with Crippen molar-refractivity contribution < 1.29 is 198 Å². The number of hydrogen-bond acceptors (Lipinski definition) is 40. The molecule has 88 heavy (non-hydrogen) atoms. The van der Waals surface area contributed by atoms with Gasteiger partial charge in [0.05, 0.1) is 52.9 Å². The molecule has 0 spiro atoms. The molecule has 30 aliphatic heterocycles. The van der Waals surface area contributed by atoms with Gasteiger partial charge in [-0.25, -0.2) is 0 Å². The summed E-state index contributed by atoms with van der Waals surface area (Å²) in [5, 5.41) is 265. The van der Waals surface area contributed by atoms with Gasteiger partial charge < -0.3 is 198 Å². The van der Waals surface area contributed by atoms with Crippen molar-refractivity contribution in [3.63, 3.8) is 0 Å². The van der Waals surface area contributed by atoms with Crippen molar-refractivity contribution in [3.05, 3.63) is 0 Å². The molecule has 30 aliphatic rings. The maximum Gasteiger partial charge on any atom is 0.187 e. The number of aliphatic hydroxyl groups excluding tert-OH is 24. The minimum Gasteiger partial charge on any atom is -0.394 e. The van der Waals surface area contributed by atoms with E-state index in [0.717, 1.165) is 0 Å². The topological polar surface area (TPSA) is 633 Å². The summed E-state index contributed by atoms with van der Waals surface area (Å²) in [6.07, 6.45) is -82.0. The van der Waals surface area contributed by atoms with Crippen LogP contribution in [-0.2, 0) is 75.8 Å². The first kappa shape index (κ1) is 70.7. The zero-order valence-corrected chi connectivity index (χ0v) is 46.0. The summed E-state index contributed by atoms with van der Waals surface area (Å²) in [4.78, 5) is 0. The predicted molar refractivity (Wildman–Crippen MR) is 261 cm³/mol. The molecule has 0 aromatic rings. The summed E-state index contributed by atoms with van der Waals surface area (Å²) in [5.74, 6) is 0. The molecule has 16 bridgehead atoms. The fourth-order valence-electron chi connectivity index (χ4n) is 11.9. The van der Waals surface area contributed by atoms with Crippen LogP contribution in [0.5, 0.6) is 0 Å². The van der Waals surface area contributed by atoms with E-state index in [2.05, 4.69) is 0 Å². The third-order valence-corrected chi connectivity index (χ3v) is 16.9. The first-order valence-corrected chi connectivity index (χ1v) is 28.1. The van der Waals surface area contributed by atoms with Crippen molar-refractivity contribution >= 4 is 0 Å². The molecule has 30 heterocycles. The molecule has 40 nitrogen and oxygen atoms in total. The molecule has 40 atom stereocenters. The average molecular weight is 1300 g/mol. The van der Waals surface area contributed by atoms with Crippen LogP contribution < -0.4 is 0 Å². The van der Waals surface area contributed by atoms with E-state index in [4.69, 9.17) is 75.8 Å². The Labute approximate surface area is 496 Å². The van der Waals surface area contributed by atoms with E-state index < -0.39 is 299 Å². The van der Waals surface area contributed by atoms with Gasteiger partial charge in [0.1, 0.15) is 195 Å². The normalized spacial score (nSPS) is 55.4. The van der Waals surface area contributed by atoms with Gasteiger partial charge in [-0.3, -0.25) is 0 Å². The molecule has 30 rings (SSSR count). The molecule has 0 aliphatic carbocycles. The van der Waals surface area contributed by atoms with E-state index in [1.54, 1.807) is 0 Å². The average Bonchev–Trinajstić information content (AvgIpc) is 1.03. The highest BCUT2D eigenvalue weighted by Crippen LogP contribution is 2.40. The molecular formula is C48H80O40. The monoisotopic (exact) mass is 1300 g/mol. The molecule has 0 amide bonds. The lowest BCUT2D eigenvalue weighted by molar-refractivity contribution is -0.404. The van der Waals surface area contributed by atoms with Gasteiger partial charge in [-0.2, -0.15) is 0 Å². The lowest BCUT2D eigenvalue weighted by atomic mass is 9.94. The summed E-state index contributed by atoms with van der Waals surface area (Å²) in [7, 11) is 0. The van der Waals surface area contributed by atoms with Crippen LogP contribution in [0.2, 0.25) is 0 Å². The van der Waals surface area contributed by atoms with E-state index in [9.17, 15) is 123 Å². The third-order valence-electron chi connectivity index (χ3n) is 16.9. The van der Waals surface area contributed by atoms with Crippen molar-refractivity contribution in [2.45, 2.75) is 246 Å². The number of rotatable bonds is 8. The van der Waals surface area contributed by atoms with Crippen LogP contribution in [0.15, 0.2) is 0 Å². The second kappa shape index (κ2) is 30.0. The van der Waals surface area contributed by atoms with E-state index in [0.29, 0.717) is 0 Å². The van der Waals surface area contributed by atoms with Crippen LogP contribution in [0.1, 0.15) is 0 Å². The summed E-state index contributed by atoms with van der Waals surface area (Å²) < 4.78 is 91.1. The van der Waals surface area contributed by atoms with Crippen molar-refractivity contribution in [2.75, 3.05) is 52.9 Å². The highest BCUT2D eigenvalue weighted by Gasteiger charge is 2.60. The summed E-state index contributed by atoms with van der Waals surface area (Å²) >= 11 is 0. The second-order valence-corrected chi connectivity index (χ2v) is 22.5. The van der Waals surface area contributed by atoms with Crippen molar-refractivity contribution in [1.82, 2.24) is 0 Å². The number of hydrogen-bond donors (Lipinski definition) is 24. The number of ether oxygens (including phenoxy) is 16. The standard InChI is InChI=1S/C48H80O40/c49-1-9-33-17(57)25(65)41(73-9)82-34-10(2-50)75-43(27(67)19(34)59)84-36-12(4-52)77-45(29(69)21(36)61)86-38-14(6-54)79-47(31(71)23(38)63)88-40-16(8-56)80-48(32(72)24(40)64)87-39-15(7-55)78-46(30(70)22(39)62)85-37-13(5-53)76-44(28(68)20(37)60)83-35-11(3-51)74-42(81-33)26(66)18(35)58/h9-72H,1-8H2/t9-,10-,11-,12-,13-,14-,15-,16-,17-,18-,19-,20-,21-,22-,23-,24-,25-,26-,27-,28-,29-,30-,31-,32-,33-,34-,35-,36?,37?,38-,39-,40?,41?,42?,43?,44?,45?,46?,47?,48?/m1/s1. The molecule has 0 radical (unpaired) electrons. The summed E-state index contributed by atoms with van der Waals surface area (Å²) in [6, 6.07) is 0. The maximum atomic E-state index is 11.4. The first-order valence-electron chi connectivity index (χ1n) is 28.1. The van der Waals surface area contributed by atoms with Crippen LogP contribution >= 0.6 is 0 Å². The Morgan fingerprint density at radius 2 is 0.227 bits per heavy atom. The van der Waals surface area contributed by atoms with Gasteiger partial charge in [0.2, 0.25) is 0 Å². The van der Waals surface area contributed by atoms with Crippen LogP contribution in [0.3, 0.4) is 0 Å². The van der Waals surface area contributed by atoms with Gasteiger partial charge in [0.15, 0.2) is 50.3 Å². The van der Waals surface area contributed by atoms with Gasteiger partial charge in [0.25, 0.3) is 0 Å². The fourth-order valence-corrected chi connectivity index (χ4v) is 11.9. The van der Waals surface area contributed by atoms with Gasteiger partial charge >= 0.3 is 0 Å². The highest BCUT2D eigenvalue weighted by atomic mass is 16.8. The predicted octanol–water partition coefficient (Wildman–Crippen LogP) is -17.4. The van der Waals surface area contributed by atoms with Crippen molar-refractivity contribution in [3.8, 4) is 0 Å². The van der Waals surface area contributed by atoms with E-state index in [1.807, 2.05) is 0 Å². The van der Waals surface area contributed by atoms with Crippen LogP contribution in [0, 0.1) is 0 Å².